The maximum absolute atomic E-state index is 14.6. The molecule has 0 aliphatic carbocycles. The molecule has 4 N–H and O–H groups in total. The number of anilines is 2. The maximum Gasteiger partial charge on any atom is 0.412 e. The van der Waals surface area contributed by atoms with Crippen molar-refractivity contribution in [1.29, 1.82) is 0 Å². The van der Waals surface area contributed by atoms with Crippen LogP contribution < -0.4 is 22.0 Å². The van der Waals surface area contributed by atoms with Crippen molar-refractivity contribution in [2.75, 3.05) is 23.8 Å². The van der Waals surface area contributed by atoms with E-state index in [4.69, 9.17) is 28.4 Å². The van der Waals surface area contributed by atoms with Crippen molar-refractivity contribution < 1.29 is 66.6 Å². The molecule has 0 radical (unpaired) electrons. The predicted octanol–water partition coefficient (Wildman–Crippen LogP) is 5.25. The Kier molecular flexibility index (Phi) is 18.4. The second kappa shape index (κ2) is 24.1. The standard InChI is InChI=1S/2C22H26FN3O7/c1-3-4-8-11-31-22(30)25-18-15(23)12-26(21(29)24-18)19-16(27)17(13(2)32-19)33-20(28)14-9-6-5-7-10-14;1-3-4-8-11-31-22(30)25-18-15(23)12-26(21(29)24-18)19-17(16(27)13(2)32-19)33-20(28)14-9-6-5-7-10-14/h2*5-7,9-10,12-13,16-17,19,27H,3-4,8,11H2,1-2H3,(H,24,25,29,30)/t2*13-,16-,17-,19-/m11/s1. The molecule has 66 heavy (non-hydrogen) atoms. The smallest absolute Gasteiger partial charge is 0.412 e. The zero-order valence-electron chi connectivity index (χ0n) is 36.5. The van der Waals surface area contributed by atoms with Crippen LogP contribution in [0.4, 0.5) is 30.0 Å². The number of aromatic nitrogens is 4. The van der Waals surface area contributed by atoms with Gasteiger partial charge in [-0.2, -0.15) is 9.97 Å². The van der Waals surface area contributed by atoms with E-state index in [2.05, 4.69) is 20.6 Å². The number of ether oxygens (including phenoxy) is 6. The highest BCUT2D eigenvalue weighted by Gasteiger charge is 2.47. The van der Waals surface area contributed by atoms with Gasteiger partial charge in [0, 0.05) is 0 Å². The Balaban J connectivity index is 0.000000247. The van der Waals surface area contributed by atoms with Gasteiger partial charge in [0.05, 0.1) is 48.9 Å². The Bertz CT molecular complexity index is 2390. The van der Waals surface area contributed by atoms with Gasteiger partial charge in [-0.3, -0.25) is 19.8 Å². The van der Waals surface area contributed by atoms with Crippen molar-refractivity contribution in [1.82, 2.24) is 19.1 Å². The summed E-state index contributed by atoms with van der Waals surface area (Å²) >= 11 is 0. The molecule has 8 atom stereocenters. The topological polar surface area (TPSA) is 258 Å². The van der Waals surface area contributed by atoms with Crippen molar-refractivity contribution >= 4 is 35.8 Å². The van der Waals surface area contributed by atoms with Crippen LogP contribution in [0.25, 0.3) is 0 Å². The fourth-order valence-electron chi connectivity index (χ4n) is 6.64. The summed E-state index contributed by atoms with van der Waals surface area (Å²) in [7, 11) is 0. The molecule has 0 spiro atoms. The summed E-state index contributed by atoms with van der Waals surface area (Å²) in [6.07, 6.45) is -4.82. The monoisotopic (exact) mass is 926 g/mol. The average molecular weight is 927 g/mol. The van der Waals surface area contributed by atoms with Gasteiger partial charge >= 0.3 is 35.5 Å². The largest absolute Gasteiger partial charge is 0.453 e. The first-order valence-corrected chi connectivity index (χ1v) is 21.3. The van der Waals surface area contributed by atoms with Crippen molar-refractivity contribution in [3.8, 4) is 0 Å². The number of nitrogens with one attached hydrogen (secondary N) is 2. The number of hydrogen-bond donors (Lipinski definition) is 4. The summed E-state index contributed by atoms with van der Waals surface area (Å²) in [5.74, 6) is -4.71. The third-order valence-electron chi connectivity index (χ3n) is 10.2. The van der Waals surface area contributed by atoms with Gasteiger partial charge in [-0.1, -0.05) is 75.9 Å². The molecule has 0 saturated carbocycles. The number of esters is 2. The second-order valence-electron chi connectivity index (χ2n) is 15.1. The lowest BCUT2D eigenvalue weighted by Gasteiger charge is -2.22. The molecule has 2 amide bonds. The minimum Gasteiger partial charge on any atom is -0.453 e. The van der Waals surface area contributed by atoms with Crippen LogP contribution in [-0.4, -0.2) is 103 Å². The van der Waals surface area contributed by atoms with Crippen LogP contribution in [0.3, 0.4) is 0 Å². The van der Waals surface area contributed by atoms with Crippen molar-refractivity contribution in [2.24, 2.45) is 0 Å². The van der Waals surface area contributed by atoms with E-state index in [0.717, 1.165) is 47.2 Å². The maximum atomic E-state index is 14.6. The minimum absolute atomic E-state index is 0.151. The molecule has 2 aliphatic rings. The molecular weight excluding hydrogens is 875 g/mol. The fourth-order valence-corrected chi connectivity index (χ4v) is 6.64. The first-order chi connectivity index (χ1) is 31.6. The molecular formula is C44H52F2N6O14. The van der Waals surface area contributed by atoms with Gasteiger partial charge in [0.15, 0.2) is 47.9 Å². The van der Waals surface area contributed by atoms with Crippen LogP contribution in [0.5, 0.6) is 0 Å². The highest BCUT2D eigenvalue weighted by Crippen LogP contribution is 2.33. The summed E-state index contributed by atoms with van der Waals surface area (Å²) in [6, 6.07) is 16.2. The Labute approximate surface area is 376 Å². The highest BCUT2D eigenvalue weighted by molar-refractivity contribution is 5.90. The Morgan fingerprint density at radius 3 is 1.52 bits per heavy atom. The molecule has 2 aromatic heterocycles. The van der Waals surface area contributed by atoms with E-state index in [1.165, 1.54) is 19.1 Å². The number of amides is 2. The lowest BCUT2D eigenvalue weighted by atomic mass is 10.1. The number of aliphatic hydroxyl groups is 2. The third-order valence-corrected chi connectivity index (χ3v) is 10.2. The van der Waals surface area contributed by atoms with E-state index in [-0.39, 0.29) is 24.3 Å². The van der Waals surface area contributed by atoms with E-state index in [1.807, 2.05) is 13.8 Å². The zero-order valence-corrected chi connectivity index (χ0v) is 36.5. The predicted molar refractivity (Wildman–Crippen MR) is 228 cm³/mol. The summed E-state index contributed by atoms with van der Waals surface area (Å²) < 4.78 is 62.3. The van der Waals surface area contributed by atoms with Crippen molar-refractivity contribution in [3.63, 3.8) is 0 Å². The van der Waals surface area contributed by atoms with Crippen LogP contribution in [0.15, 0.2) is 82.6 Å². The second-order valence-corrected chi connectivity index (χ2v) is 15.1. The van der Waals surface area contributed by atoms with Crippen LogP contribution in [-0.2, 0) is 28.4 Å². The number of hydrogen-bond acceptors (Lipinski definition) is 16. The lowest BCUT2D eigenvalue weighted by Crippen LogP contribution is -2.39. The third kappa shape index (κ3) is 13.2. The molecule has 356 valence electrons. The fraction of sp³-hybridized carbons (Fsp3) is 0.455. The molecule has 2 saturated heterocycles. The van der Waals surface area contributed by atoms with Gasteiger partial charge in [0.25, 0.3) is 0 Å². The lowest BCUT2D eigenvalue weighted by molar-refractivity contribution is -0.0496. The van der Waals surface area contributed by atoms with Gasteiger partial charge in [0.1, 0.15) is 12.2 Å². The SMILES string of the molecule is CCCCCOC(=O)Nc1nc(=O)n([C@@H]2O[C@H](C)[C@@H](O)[C@H]2OC(=O)c2ccccc2)cc1F.CCCCCOC(=O)Nc1nc(=O)n([C@@H]2O[C@H](C)[C@@H](OC(=O)c3ccccc3)[C@H]2O)cc1F. The summed E-state index contributed by atoms with van der Waals surface area (Å²) in [5.41, 5.74) is -1.45. The number of halogens is 2. The Morgan fingerprint density at radius 2 is 1.06 bits per heavy atom. The summed E-state index contributed by atoms with van der Waals surface area (Å²) in [6.45, 7) is 7.36. The van der Waals surface area contributed by atoms with Gasteiger partial charge in [-0.15, -0.1) is 0 Å². The molecule has 20 nitrogen and oxygen atoms in total. The molecule has 2 aliphatic heterocycles. The van der Waals surface area contributed by atoms with E-state index in [9.17, 15) is 47.8 Å². The van der Waals surface area contributed by atoms with E-state index in [1.54, 1.807) is 55.5 Å². The van der Waals surface area contributed by atoms with Gasteiger partial charge in [-0.25, -0.2) is 37.5 Å². The summed E-state index contributed by atoms with van der Waals surface area (Å²) in [4.78, 5) is 80.5. The first-order valence-electron chi connectivity index (χ1n) is 21.3. The minimum atomic E-state index is -1.46. The Morgan fingerprint density at radius 1 is 0.636 bits per heavy atom. The van der Waals surface area contributed by atoms with E-state index >= 15 is 0 Å². The van der Waals surface area contributed by atoms with Gasteiger partial charge < -0.3 is 38.6 Å². The normalized spacial score (nSPS) is 22.1. The van der Waals surface area contributed by atoms with Crippen LogP contribution in [0, 0.1) is 11.6 Å². The number of unbranched alkanes of at least 4 members (excludes halogenated alkanes) is 4. The Hall–Kier alpha value is -6.62. The molecule has 4 heterocycles. The number of carbonyl (C=O) groups excluding carboxylic acids is 4. The van der Waals surface area contributed by atoms with Crippen LogP contribution in [0.2, 0.25) is 0 Å². The first kappa shape index (κ1) is 50.4. The number of carbonyl (C=O) groups is 4. The molecule has 0 bridgehead atoms. The number of nitrogens with zero attached hydrogens (tertiary/aromatic N) is 4. The zero-order chi connectivity index (χ0) is 47.9. The molecule has 2 aromatic carbocycles. The number of aliphatic hydroxyl groups excluding tert-OH is 2. The van der Waals surface area contributed by atoms with Crippen molar-refractivity contribution in [2.45, 2.75) is 115 Å². The summed E-state index contributed by atoms with van der Waals surface area (Å²) in [5, 5.41) is 25.2. The molecule has 2 fully saturated rings. The number of benzene rings is 2. The van der Waals surface area contributed by atoms with Crippen LogP contribution in [0.1, 0.15) is 99.4 Å². The number of rotatable bonds is 16. The van der Waals surface area contributed by atoms with E-state index < -0.39 is 108 Å². The molecule has 6 rings (SSSR count). The van der Waals surface area contributed by atoms with Gasteiger partial charge in [-0.05, 0) is 51.0 Å². The quantitative estimate of drug-likeness (QED) is 0.0636. The molecule has 22 heteroatoms. The molecule has 4 aromatic rings. The van der Waals surface area contributed by atoms with Gasteiger partial charge in [0.2, 0.25) is 0 Å². The van der Waals surface area contributed by atoms with Crippen LogP contribution >= 0.6 is 0 Å². The highest BCUT2D eigenvalue weighted by atomic mass is 19.1. The van der Waals surface area contributed by atoms with Crippen molar-refractivity contribution in [3.05, 3.63) is 117 Å². The average Bonchev–Trinajstić information content (AvgIpc) is 3.74. The van der Waals surface area contributed by atoms with E-state index in [0.29, 0.717) is 12.8 Å². The molecule has 0 unspecified atom stereocenters.